The van der Waals surface area contributed by atoms with Crippen LogP contribution in [-0.2, 0) is 39.2 Å². The molecule has 20 nitrogen and oxygen atoms in total. The van der Waals surface area contributed by atoms with Crippen LogP contribution in [0, 0.1) is 11.6 Å². The van der Waals surface area contributed by atoms with Crippen LogP contribution in [-0.4, -0.2) is 136 Å². The number of hydrogen-bond acceptors (Lipinski definition) is 14. The number of unbranched alkanes of at least 4 members (excludes halogenated alkanes) is 2. The van der Waals surface area contributed by atoms with Gasteiger partial charge in [0.15, 0.2) is 11.6 Å². The fraction of sp³-hybridized carbons (Fsp3) is 0.414. The molecule has 2 aliphatic heterocycles. The van der Waals surface area contributed by atoms with E-state index in [1.165, 1.54) is 79.1 Å². The summed E-state index contributed by atoms with van der Waals surface area (Å²) in [4.78, 5) is 92.7. The van der Waals surface area contributed by atoms with Gasteiger partial charge in [0, 0.05) is 73.2 Å². The van der Waals surface area contributed by atoms with Crippen LogP contribution >= 0.6 is 0 Å². The van der Waals surface area contributed by atoms with E-state index in [9.17, 15) is 54.4 Å². The van der Waals surface area contributed by atoms with E-state index in [0.29, 0.717) is 62.7 Å². The summed E-state index contributed by atoms with van der Waals surface area (Å²) in [5.41, 5.74) is 2.35. The Balaban J connectivity index is 0.920. The van der Waals surface area contributed by atoms with Crippen LogP contribution in [0.4, 0.5) is 8.78 Å². The lowest BCUT2D eigenvalue weighted by molar-refractivity contribution is -0.138. The molecular formula is C58H70F2N10O10S2. The molecule has 2 saturated heterocycles. The molecule has 2 fully saturated rings. The van der Waals surface area contributed by atoms with Crippen LogP contribution in [0.5, 0.6) is 0 Å². The molecule has 5 aromatic rings. The highest BCUT2D eigenvalue weighted by Gasteiger charge is 2.37. The van der Waals surface area contributed by atoms with Crippen molar-refractivity contribution in [2.24, 2.45) is 0 Å². The lowest BCUT2D eigenvalue weighted by Crippen LogP contribution is -2.52. The van der Waals surface area contributed by atoms with Crippen molar-refractivity contribution in [2.75, 3.05) is 40.3 Å². The number of rotatable bonds is 28. The molecule has 0 spiro atoms. The number of sulfonamides is 2. The summed E-state index contributed by atoms with van der Waals surface area (Å²) in [6.07, 6.45) is 9.86. The first-order valence-corrected chi connectivity index (χ1v) is 30.3. The Labute approximate surface area is 477 Å². The number of pyridine rings is 2. The highest BCUT2D eigenvalue weighted by molar-refractivity contribution is 7.90. The average Bonchev–Trinajstić information content (AvgIpc) is 4.36. The third-order valence-corrected chi connectivity index (χ3v) is 17.7. The van der Waals surface area contributed by atoms with Gasteiger partial charge in [-0.05, 0) is 182 Å². The molecule has 6 atom stereocenters. The van der Waals surface area contributed by atoms with E-state index in [4.69, 9.17) is 0 Å². The molecule has 0 aliphatic carbocycles. The standard InChI is InChI=1S/C58H70F2N10O10S2/c1-37(61-3)55(73)67-49(57(75)69-28-10-16-51(69)41-30-43(35-63-33-41)53(71)39-18-22-45(59)23-19-39)14-5-7-26-65-81(77,78)47-12-9-13-48(32-47)82(79,80)66-27-8-6-15-50(68-56(74)38(2)62-4)58(76)70-29-11-17-52(70)42-31-44(36-64-34-42)54(72)40-20-24-46(60)25-21-40/h9,12-13,18-25,30-38,49-52,61-62,65-66H,5-8,10-11,14-17,26-29H2,1-4H3,(H,67,73)(H,68,74)/t37-,38-,49-,50-,51-,52-/m0/s1. The molecule has 2 aliphatic rings. The summed E-state index contributed by atoms with van der Waals surface area (Å²) >= 11 is 0. The number of benzene rings is 3. The van der Waals surface area contributed by atoms with Crippen molar-refractivity contribution in [3.8, 4) is 0 Å². The third-order valence-electron chi connectivity index (χ3n) is 14.8. The van der Waals surface area contributed by atoms with Crippen molar-refractivity contribution in [1.82, 2.24) is 50.5 Å². The predicted molar refractivity (Wildman–Crippen MR) is 301 cm³/mol. The van der Waals surface area contributed by atoms with Crippen LogP contribution < -0.4 is 30.7 Å². The van der Waals surface area contributed by atoms with Crippen LogP contribution in [0.3, 0.4) is 0 Å². The molecule has 4 heterocycles. The number of likely N-dealkylation sites (tertiary alicyclic amines) is 2. The van der Waals surface area contributed by atoms with Crippen LogP contribution in [0.25, 0.3) is 0 Å². The maximum Gasteiger partial charge on any atom is 0.245 e. The molecular weight excluding hydrogens is 1100 g/mol. The molecule has 7 rings (SSSR count). The van der Waals surface area contributed by atoms with E-state index in [1.807, 2.05) is 0 Å². The van der Waals surface area contributed by atoms with Crippen molar-refractivity contribution >= 4 is 55.2 Å². The minimum absolute atomic E-state index is 0.0767. The number of hydrogen-bond donors (Lipinski definition) is 6. The number of ketones is 2. The zero-order valence-corrected chi connectivity index (χ0v) is 47.8. The minimum atomic E-state index is -4.23. The average molecular weight is 1170 g/mol. The molecule has 0 saturated carbocycles. The zero-order valence-electron chi connectivity index (χ0n) is 46.2. The van der Waals surface area contributed by atoms with Crippen molar-refractivity contribution < 1.29 is 54.4 Å². The van der Waals surface area contributed by atoms with E-state index < -0.39 is 79.7 Å². The Morgan fingerprint density at radius 2 is 0.939 bits per heavy atom. The Bertz CT molecular complexity index is 3110. The monoisotopic (exact) mass is 1170 g/mol. The fourth-order valence-electron chi connectivity index (χ4n) is 9.92. The minimum Gasteiger partial charge on any atom is -0.343 e. The number of carbonyl (C=O) groups excluding carboxylic acids is 6. The van der Waals surface area contributed by atoms with Gasteiger partial charge in [-0.2, -0.15) is 0 Å². The van der Waals surface area contributed by atoms with Crippen molar-refractivity contribution in [1.29, 1.82) is 0 Å². The van der Waals surface area contributed by atoms with Crippen molar-refractivity contribution in [3.05, 3.63) is 155 Å². The van der Waals surface area contributed by atoms with E-state index in [0.717, 1.165) is 6.07 Å². The summed E-state index contributed by atoms with van der Waals surface area (Å²) in [7, 11) is -5.25. The summed E-state index contributed by atoms with van der Waals surface area (Å²) in [6.45, 7) is 3.90. The molecule has 4 amide bonds. The fourth-order valence-corrected chi connectivity index (χ4v) is 12.2. The predicted octanol–water partition coefficient (Wildman–Crippen LogP) is 5.03. The topological polar surface area (TPSA) is 275 Å². The molecule has 6 N–H and O–H groups in total. The van der Waals surface area contributed by atoms with Crippen molar-refractivity contribution in [3.63, 3.8) is 0 Å². The second kappa shape index (κ2) is 28.7. The number of amides is 4. The summed E-state index contributed by atoms with van der Waals surface area (Å²) < 4.78 is 86.3. The Kier molecular flexibility index (Phi) is 21.8. The first-order valence-electron chi connectivity index (χ1n) is 27.4. The van der Waals surface area contributed by atoms with E-state index >= 15 is 0 Å². The maximum atomic E-state index is 14.3. The van der Waals surface area contributed by atoms with Crippen LogP contribution in [0.2, 0.25) is 0 Å². The normalized spacial score (nSPS) is 17.0. The largest absolute Gasteiger partial charge is 0.343 e. The number of likely N-dealkylation sites (N-methyl/N-ethyl adjacent to an activating group) is 2. The third kappa shape index (κ3) is 16.1. The first kappa shape index (κ1) is 62.4. The number of aromatic nitrogens is 2. The lowest BCUT2D eigenvalue weighted by Gasteiger charge is -2.30. The zero-order chi connectivity index (χ0) is 59.1. The van der Waals surface area contributed by atoms with Crippen LogP contribution in [0.15, 0.2) is 120 Å². The highest BCUT2D eigenvalue weighted by Crippen LogP contribution is 2.35. The Morgan fingerprint density at radius 1 is 0.549 bits per heavy atom. The Hall–Kier alpha value is -7.22. The van der Waals surface area contributed by atoms with Gasteiger partial charge in [-0.15, -0.1) is 0 Å². The maximum absolute atomic E-state index is 14.3. The highest BCUT2D eigenvalue weighted by atomic mass is 32.2. The smallest absolute Gasteiger partial charge is 0.245 e. The number of nitrogens with zero attached hydrogens (tertiary/aromatic N) is 4. The van der Waals surface area contributed by atoms with Gasteiger partial charge in [0.2, 0.25) is 43.7 Å². The molecule has 0 bridgehead atoms. The molecule has 438 valence electrons. The molecule has 24 heteroatoms. The van der Waals surface area contributed by atoms with Gasteiger partial charge >= 0.3 is 0 Å². The number of nitrogens with one attached hydrogen (secondary N) is 6. The van der Waals surface area contributed by atoms with Gasteiger partial charge in [-0.3, -0.25) is 38.7 Å². The lowest BCUT2D eigenvalue weighted by atomic mass is 9.99. The summed E-state index contributed by atoms with van der Waals surface area (Å²) in [6, 6.07) is 14.4. The SMILES string of the molecule is CN[C@@H](C)C(=O)N[C@@H](CCCCNS(=O)(=O)c1cccc(S(=O)(=O)NCCCC[C@H](NC(=O)[C@H](C)NC)C(=O)N2CCC[C@H]2c2cncc(C(=O)c3ccc(F)cc3)c2)c1)C(=O)N1CCC[C@H]1c1cncc(C(=O)c2ccc(F)cc2)c1. The van der Waals surface area contributed by atoms with Gasteiger partial charge < -0.3 is 31.1 Å². The molecule has 0 radical (unpaired) electrons. The Morgan fingerprint density at radius 3 is 1.32 bits per heavy atom. The second-order valence-corrected chi connectivity index (χ2v) is 24.0. The summed E-state index contributed by atoms with van der Waals surface area (Å²) in [5.74, 6) is -3.21. The van der Waals surface area contributed by atoms with Gasteiger partial charge in [0.25, 0.3) is 0 Å². The van der Waals surface area contributed by atoms with Gasteiger partial charge in [-0.1, -0.05) is 6.07 Å². The molecule has 3 aromatic carbocycles. The molecule has 2 aromatic heterocycles. The van der Waals surface area contributed by atoms with Crippen LogP contribution in [0.1, 0.15) is 133 Å². The van der Waals surface area contributed by atoms with E-state index in [-0.39, 0.29) is 94.2 Å². The van der Waals surface area contributed by atoms with Gasteiger partial charge in [-0.25, -0.2) is 35.1 Å². The molecule has 0 unspecified atom stereocenters. The second-order valence-electron chi connectivity index (χ2n) is 20.5. The number of carbonyl (C=O) groups is 6. The first-order chi connectivity index (χ1) is 39.2. The van der Waals surface area contributed by atoms with E-state index in [1.54, 1.807) is 62.3 Å². The summed E-state index contributed by atoms with van der Waals surface area (Å²) in [5, 5.41) is 11.4. The van der Waals surface area contributed by atoms with Crippen molar-refractivity contribution in [2.45, 2.75) is 124 Å². The van der Waals surface area contributed by atoms with Gasteiger partial charge in [0.1, 0.15) is 23.7 Å². The quantitative estimate of drug-likeness (QED) is 0.0283. The number of halogens is 2. The van der Waals surface area contributed by atoms with Gasteiger partial charge in [0.05, 0.1) is 34.0 Å². The molecule has 82 heavy (non-hydrogen) atoms. The van der Waals surface area contributed by atoms with E-state index in [2.05, 4.69) is 40.7 Å².